The molecule has 2 N–H and O–H groups in total. The molecule has 1 aromatic carbocycles. The van der Waals surface area contributed by atoms with Crippen LogP contribution in [0.4, 0.5) is 18.0 Å². The number of urea groups is 1. The summed E-state index contributed by atoms with van der Waals surface area (Å²) in [5.74, 6) is -0.872. The lowest BCUT2D eigenvalue weighted by atomic mass is 10.2. The van der Waals surface area contributed by atoms with E-state index in [9.17, 15) is 22.8 Å². The number of rotatable bonds is 8. The van der Waals surface area contributed by atoms with Crippen molar-refractivity contribution in [1.29, 1.82) is 0 Å². The standard InChI is InChI=1S/C20H19F3N4O2S2/c21-20(22,23)13-27-16(14-5-2-1-3-6-14)11-25-19(27)31-12-17(28)26-18(29)24-9-8-15-7-4-10-30-15/h1-7,10-11H,8-9,12-13H2,(H2,24,26,28,29). The lowest BCUT2D eigenvalue weighted by Gasteiger charge is -2.14. The first-order valence-electron chi connectivity index (χ1n) is 9.22. The first-order valence-corrected chi connectivity index (χ1v) is 11.1. The Labute approximate surface area is 184 Å². The number of nitrogens with one attached hydrogen (secondary N) is 2. The van der Waals surface area contributed by atoms with E-state index < -0.39 is 24.7 Å². The fraction of sp³-hybridized carbons (Fsp3) is 0.250. The number of carbonyl (C=O) groups is 2. The number of amides is 3. The summed E-state index contributed by atoms with van der Waals surface area (Å²) in [6.07, 6.45) is -2.46. The minimum absolute atomic E-state index is 0.0458. The van der Waals surface area contributed by atoms with Crippen LogP contribution in [0.15, 0.2) is 59.2 Å². The highest BCUT2D eigenvalue weighted by atomic mass is 32.2. The molecule has 0 saturated carbocycles. The van der Waals surface area contributed by atoms with Gasteiger partial charge < -0.3 is 9.88 Å². The van der Waals surface area contributed by atoms with Crippen LogP contribution in [0.2, 0.25) is 0 Å². The Morgan fingerprint density at radius 3 is 2.58 bits per heavy atom. The highest BCUT2D eigenvalue weighted by molar-refractivity contribution is 7.99. The number of halogens is 3. The SMILES string of the molecule is O=C(CSc1ncc(-c2ccccc2)n1CC(F)(F)F)NC(=O)NCCc1cccs1. The maximum Gasteiger partial charge on any atom is 0.406 e. The molecule has 0 unspecified atom stereocenters. The molecular formula is C20H19F3N4O2S2. The number of thioether (sulfide) groups is 1. The molecule has 0 bridgehead atoms. The van der Waals surface area contributed by atoms with Gasteiger partial charge in [0.2, 0.25) is 5.91 Å². The number of carbonyl (C=O) groups excluding carboxylic acids is 2. The zero-order valence-electron chi connectivity index (χ0n) is 16.2. The smallest absolute Gasteiger partial charge is 0.337 e. The molecule has 0 aliphatic heterocycles. The van der Waals surface area contributed by atoms with E-state index in [0.717, 1.165) is 21.2 Å². The molecule has 3 amide bonds. The Bertz CT molecular complexity index is 1010. The molecule has 2 aromatic heterocycles. The summed E-state index contributed by atoms with van der Waals surface area (Å²) < 4.78 is 40.3. The molecule has 3 rings (SSSR count). The monoisotopic (exact) mass is 468 g/mol. The fourth-order valence-corrected chi connectivity index (χ4v) is 4.22. The van der Waals surface area contributed by atoms with Gasteiger partial charge in [-0.05, 0) is 23.4 Å². The van der Waals surface area contributed by atoms with E-state index in [1.54, 1.807) is 41.7 Å². The summed E-state index contributed by atoms with van der Waals surface area (Å²) in [5.41, 5.74) is 0.882. The van der Waals surface area contributed by atoms with Gasteiger partial charge in [0, 0.05) is 11.4 Å². The zero-order valence-corrected chi connectivity index (χ0v) is 17.8. The van der Waals surface area contributed by atoms with Crippen molar-refractivity contribution in [3.63, 3.8) is 0 Å². The second-order valence-electron chi connectivity index (χ2n) is 6.42. The van der Waals surface area contributed by atoms with Crippen LogP contribution >= 0.6 is 23.1 Å². The summed E-state index contributed by atoms with van der Waals surface area (Å²) in [6.45, 7) is -0.867. The first-order chi connectivity index (χ1) is 14.8. The van der Waals surface area contributed by atoms with Crippen LogP contribution in [0.25, 0.3) is 11.3 Å². The molecule has 0 aliphatic carbocycles. The van der Waals surface area contributed by atoms with E-state index in [1.165, 1.54) is 6.20 Å². The summed E-state index contributed by atoms with van der Waals surface area (Å²) in [7, 11) is 0. The van der Waals surface area contributed by atoms with E-state index in [0.29, 0.717) is 24.2 Å². The summed E-state index contributed by atoms with van der Waals surface area (Å²) in [4.78, 5) is 29.0. The van der Waals surface area contributed by atoms with Crippen LogP contribution in [-0.2, 0) is 17.8 Å². The van der Waals surface area contributed by atoms with Crippen LogP contribution in [-0.4, -0.2) is 40.0 Å². The number of thiophene rings is 1. The average molecular weight is 469 g/mol. The molecule has 164 valence electrons. The van der Waals surface area contributed by atoms with Gasteiger partial charge in [-0.15, -0.1) is 11.3 Å². The molecule has 0 radical (unpaired) electrons. The Morgan fingerprint density at radius 2 is 1.90 bits per heavy atom. The number of nitrogens with zero attached hydrogens (tertiary/aromatic N) is 2. The lowest BCUT2D eigenvalue weighted by molar-refractivity contribution is -0.141. The Morgan fingerprint density at radius 1 is 1.13 bits per heavy atom. The Balaban J connectivity index is 1.57. The van der Waals surface area contributed by atoms with Gasteiger partial charge in [0.1, 0.15) is 6.54 Å². The molecule has 6 nitrogen and oxygen atoms in total. The lowest BCUT2D eigenvalue weighted by Crippen LogP contribution is -2.41. The number of imide groups is 1. The minimum Gasteiger partial charge on any atom is -0.337 e. The molecule has 2 heterocycles. The minimum atomic E-state index is -4.45. The van der Waals surface area contributed by atoms with Crippen molar-refractivity contribution >= 4 is 35.0 Å². The van der Waals surface area contributed by atoms with Crippen molar-refractivity contribution < 1.29 is 22.8 Å². The van der Waals surface area contributed by atoms with Crippen molar-refractivity contribution in [3.05, 3.63) is 58.9 Å². The van der Waals surface area contributed by atoms with Crippen molar-refractivity contribution in [2.45, 2.75) is 24.3 Å². The maximum atomic E-state index is 13.1. The van der Waals surface area contributed by atoms with Crippen molar-refractivity contribution in [2.24, 2.45) is 0 Å². The van der Waals surface area contributed by atoms with Gasteiger partial charge in [-0.3, -0.25) is 10.1 Å². The summed E-state index contributed by atoms with van der Waals surface area (Å²) in [5, 5.41) is 6.72. The number of alkyl halides is 3. The predicted molar refractivity (Wildman–Crippen MR) is 114 cm³/mol. The number of hydrogen-bond donors (Lipinski definition) is 2. The van der Waals surface area contributed by atoms with E-state index >= 15 is 0 Å². The number of aromatic nitrogens is 2. The van der Waals surface area contributed by atoms with Gasteiger partial charge in [-0.1, -0.05) is 48.2 Å². The molecule has 0 atom stereocenters. The molecular weight excluding hydrogens is 449 g/mol. The molecule has 11 heteroatoms. The Hall–Kier alpha value is -2.79. The highest BCUT2D eigenvalue weighted by Gasteiger charge is 2.31. The number of benzene rings is 1. The number of hydrogen-bond acceptors (Lipinski definition) is 5. The second kappa shape index (κ2) is 10.5. The third-order valence-corrected chi connectivity index (χ3v) is 5.97. The van der Waals surface area contributed by atoms with Crippen LogP contribution in [0.5, 0.6) is 0 Å². The van der Waals surface area contributed by atoms with Crippen LogP contribution in [0.3, 0.4) is 0 Å². The van der Waals surface area contributed by atoms with E-state index in [1.807, 2.05) is 17.5 Å². The summed E-state index contributed by atoms with van der Waals surface area (Å²) in [6, 6.07) is 11.8. The van der Waals surface area contributed by atoms with Crippen molar-refractivity contribution in [2.75, 3.05) is 12.3 Å². The molecule has 0 saturated heterocycles. The predicted octanol–water partition coefficient (Wildman–Crippen LogP) is 4.33. The quantitative estimate of drug-likeness (QED) is 0.483. The summed E-state index contributed by atoms with van der Waals surface area (Å²) >= 11 is 2.41. The van der Waals surface area contributed by atoms with E-state index in [2.05, 4.69) is 15.6 Å². The van der Waals surface area contributed by atoms with E-state index in [-0.39, 0.29) is 10.9 Å². The first kappa shape index (κ1) is 22.9. The third-order valence-electron chi connectivity index (χ3n) is 4.05. The van der Waals surface area contributed by atoms with Gasteiger partial charge in [0.05, 0.1) is 17.6 Å². The van der Waals surface area contributed by atoms with E-state index in [4.69, 9.17) is 0 Å². The average Bonchev–Trinajstić information content (AvgIpc) is 3.36. The zero-order chi connectivity index (χ0) is 22.3. The molecule has 31 heavy (non-hydrogen) atoms. The van der Waals surface area contributed by atoms with Gasteiger partial charge in [-0.25, -0.2) is 9.78 Å². The van der Waals surface area contributed by atoms with Crippen LogP contribution < -0.4 is 10.6 Å². The molecule has 0 fully saturated rings. The normalized spacial score (nSPS) is 11.3. The third kappa shape index (κ3) is 7.14. The fourth-order valence-electron chi connectivity index (χ4n) is 2.74. The van der Waals surface area contributed by atoms with Crippen LogP contribution in [0.1, 0.15) is 4.88 Å². The largest absolute Gasteiger partial charge is 0.406 e. The topological polar surface area (TPSA) is 76.0 Å². The van der Waals surface area contributed by atoms with Gasteiger partial charge >= 0.3 is 12.2 Å². The van der Waals surface area contributed by atoms with Gasteiger partial charge in [0.25, 0.3) is 0 Å². The van der Waals surface area contributed by atoms with Crippen molar-refractivity contribution in [1.82, 2.24) is 20.2 Å². The van der Waals surface area contributed by atoms with Crippen molar-refractivity contribution in [3.8, 4) is 11.3 Å². The highest BCUT2D eigenvalue weighted by Crippen LogP contribution is 2.29. The number of imidazole rings is 1. The van der Waals surface area contributed by atoms with Gasteiger partial charge in [-0.2, -0.15) is 13.2 Å². The Kier molecular flexibility index (Phi) is 7.75. The maximum absolute atomic E-state index is 13.1. The second-order valence-corrected chi connectivity index (χ2v) is 8.39. The van der Waals surface area contributed by atoms with Crippen LogP contribution in [0, 0.1) is 0 Å². The molecule has 0 aliphatic rings. The molecule has 0 spiro atoms. The molecule has 3 aromatic rings. The van der Waals surface area contributed by atoms with Gasteiger partial charge in [0.15, 0.2) is 5.16 Å².